The van der Waals surface area contributed by atoms with Crippen LogP contribution in [0.1, 0.15) is 25.0 Å². The van der Waals surface area contributed by atoms with Crippen molar-refractivity contribution in [2.24, 2.45) is 13.0 Å². The number of hydrogen-bond acceptors (Lipinski definition) is 2. The quantitative estimate of drug-likeness (QED) is 0.791. The van der Waals surface area contributed by atoms with Crippen molar-refractivity contribution in [3.05, 3.63) is 35.5 Å². The first-order chi connectivity index (χ1) is 12.5. The third-order valence-corrected chi connectivity index (χ3v) is 6.11. The third-order valence-electron chi connectivity index (χ3n) is 6.11. The zero-order valence-corrected chi connectivity index (χ0v) is 16.1. The molecule has 2 atom stereocenters. The monoisotopic (exact) mass is 347 g/mol. The van der Waals surface area contributed by atoms with Crippen molar-refractivity contribution in [2.45, 2.75) is 26.3 Å². The second kappa shape index (κ2) is 6.31. The van der Waals surface area contributed by atoms with Crippen LogP contribution in [0.25, 0.3) is 16.5 Å². The molecule has 0 fully saturated rings. The number of amides is 1. The Hall–Kier alpha value is -2.01. The molecule has 1 aliphatic heterocycles. The molecule has 0 saturated heterocycles. The first-order valence-corrected chi connectivity index (χ1v) is 9.53. The molecule has 1 aromatic carbocycles. The molecule has 1 aromatic heterocycles. The molecule has 2 radical (unpaired) electrons. The second-order valence-electron chi connectivity index (χ2n) is 7.59. The van der Waals surface area contributed by atoms with Gasteiger partial charge in [0.25, 0.3) is 0 Å². The minimum absolute atomic E-state index is 0.0796. The summed E-state index contributed by atoms with van der Waals surface area (Å²) in [5.41, 5.74) is 5.80. The SMILES string of the molecule is [B]c1ccc2c3c(cn(C)c13)CC1C2=CC(C(=O)N(CC)CC)CN1C. The second-order valence-corrected chi connectivity index (χ2v) is 7.59. The number of rotatable bonds is 3. The van der Waals surface area contributed by atoms with Crippen LogP contribution in [-0.4, -0.2) is 60.8 Å². The minimum atomic E-state index is -0.0796. The molecule has 134 valence electrons. The third kappa shape index (κ3) is 2.44. The average Bonchev–Trinajstić information content (AvgIpc) is 2.96. The number of carbonyl (C=O) groups is 1. The fourth-order valence-electron chi connectivity index (χ4n) is 4.79. The summed E-state index contributed by atoms with van der Waals surface area (Å²) in [5, 5.41) is 1.26. The van der Waals surface area contributed by atoms with Crippen molar-refractivity contribution in [2.75, 3.05) is 26.7 Å². The van der Waals surface area contributed by atoms with Gasteiger partial charge in [-0.3, -0.25) is 9.69 Å². The van der Waals surface area contributed by atoms with Crippen LogP contribution in [0, 0.1) is 5.92 Å². The highest BCUT2D eigenvalue weighted by atomic mass is 16.2. The normalized spacial score (nSPS) is 22.2. The van der Waals surface area contributed by atoms with Gasteiger partial charge >= 0.3 is 0 Å². The average molecular weight is 347 g/mol. The maximum Gasteiger partial charge on any atom is 0.230 e. The summed E-state index contributed by atoms with van der Waals surface area (Å²) in [5.74, 6) is 0.155. The highest BCUT2D eigenvalue weighted by Gasteiger charge is 2.36. The van der Waals surface area contributed by atoms with Crippen molar-refractivity contribution in [1.82, 2.24) is 14.4 Å². The van der Waals surface area contributed by atoms with Crippen molar-refractivity contribution in [3.63, 3.8) is 0 Å². The molecule has 2 unspecified atom stereocenters. The molecule has 2 aliphatic rings. The van der Waals surface area contributed by atoms with E-state index in [1.807, 2.05) is 24.8 Å². The molecule has 0 saturated carbocycles. The van der Waals surface area contributed by atoms with Gasteiger partial charge in [-0.1, -0.05) is 23.7 Å². The van der Waals surface area contributed by atoms with E-state index in [2.05, 4.69) is 41.9 Å². The van der Waals surface area contributed by atoms with E-state index in [1.54, 1.807) is 0 Å². The van der Waals surface area contributed by atoms with Gasteiger partial charge in [-0.25, -0.2) is 0 Å². The molecule has 2 heterocycles. The smallest absolute Gasteiger partial charge is 0.230 e. The van der Waals surface area contributed by atoms with E-state index in [-0.39, 0.29) is 11.8 Å². The van der Waals surface area contributed by atoms with E-state index in [1.165, 1.54) is 22.1 Å². The number of hydrogen-bond donors (Lipinski definition) is 0. The summed E-state index contributed by atoms with van der Waals surface area (Å²) < 4.78 is 2.14. The molecule has 1 aliphatic carbocycles. The van der Waals surface area contributed by atoms with E-state index < -0.39 is 0 Å². The molecule has 2 aromatic rings. The van der Waals surface area contributed by atoms with Crippen molar-refractivity contribution >= 4 is 35.7 Å². The number of benzene rings is 1. The zero-order chi connectivity index (χ0) is 18.6. The van der Waals surface area contributed by atoms with Crippen LogP contribution in [0.15, 0.2) is 24.4 Å². The largest absolute Gasteiger partial charge is 0.351 e. The summed E-state index contributed by atoms with van der Waals surface area (Å²) >= 11 is 0. The van der Waals surface area contributed by atoms with Crippen LogP contribution in [0.4, 0.5) is 0 Å². The van der Waals surface area contributed by atoms with E-state index in [0.717, 1.165) is 37.0 Å². The van der Waals surface area contributed by atoms with Crippen molar-refractivity contribution < 1.29 is 4.79 Å². The van der Waals surface area contributed by atoms with Crippen molar-refractivity contribution in [3.8, 4) is 0 Å². The van der Waals surface area contributed by atoms with Crippen LogP contribution in [0.5, 0.6) is 0 Å². The van der Waals surface area contributed by atoms with Crippen LogP contribution in [-0.2, 0) is 18.3 Å². The van der Waals surface area contributed by atoms with Crippen LogP contribution >= 0.6 is 0 Å². The number of aromatic nitrogens is 1. The highest BCUT2D eigenvalue weighted by molar-refractivity contribution is 6.39. The van der Waals surface area contributed by atoms with Gasteiger partial charge in [0.1, 0.15) is 7.85 Å². The molecule has 0 bridgehead atoms. The Labute approximate surface area is 156 Å². The van der Waals surface area contributed by atoms with Gasteiger partial charge in [0, 0.05) is 49.8 Å². The summed E-state index contributed by atoms with van der Waals surface area (Å²) in [6.45, 7) is 6.40. The Bertz CT molecular complexity index is 910. The summed E-state index contributed by atoms with van der Waals surface area (Å²) in [7, 11) is 10.5. The number of carbonyl (C=O) groups excluding carboxylic acids is 1. The lowest BCUT2D eigenvalue weighted by Crippen LogP contribution is -2.47. The number of fused-ring (bicyclic) bond motifs is 2. The fourth-order valence-corrected chi connectivity index (χ4v) is 4.79. The summed E-state index contributed by atoms with van der Waals surface area (Å²) in [6.07, 6.45) is 5.41. The maximum atomic E-state index is 13.0. The number of aryl methyl sites for hydroxylation is 1. The van der Waals surface area contributed by atoms with Crippen LogP contribution < -0.4 is 5.46 Å². The molecular weight excluding hydrogens is 321 g/mol. The van der Waals surface area contributed by atoms with Crippen LogP contribution in [0.3, 0.4) is 0 Å². The lowest BCUT2D eigenvalue weighted by atomic mass is 9.78. The molecule has 4 rings (SSSR count). The highest BCUT2D eigenvalue weighted by Crippen LogP contribution is 2.41. The Morgan fingerprint density at radius 1 is 1.27 bits per heavy atom. The van der Waals surface area contributed by atoms with Gasteiger partial charge in [0.2, 0.25) is 5.91 Å². The Morgan fingerprint density at radius 3 is 2.69 bits per heavy atom. The lowest BCUT2D eigenvalue weighted by molar-refractivity contribution is -0.134. The zero-order valence-electron chi connectivity index (χ0n) is 16.1. The van der Waals surface area contributed by atoms with Gasteiger partial charge in [-0.05, 0) is 44.0 Å². The first-order valence-electron chi connectivity index (χ1n) is 9.53. The Morgan fingerprint density at radius 2 is 2.00 bits per heavy atom. The minimum Gasteiger partial charge on any atom is -0.351 e. The Kier molecular flexibility index (Phi) is 4.22. The molecule has 26 heavy (non-hydrogen) atoms. The van der Waals surface area contributed by atoms with E-state index in [0.29, 0.717) is 6.04 Å². The predicted molar refractivity (Wildman–Crippen MR) is 108 cm³/mol. The van der Waals surface area contributed by atoms with Crippen molar-refractivity contribution in [1.29, 1.82) is 0 Å². The topological polar surface area (TPSA) is 28.5 Å². The number of likely N-dealkylation sites (N-methyl/N-ethyl adjacent to an activating group) is 1. The van der Waals surface area contributed by atoms with Gasteiger partial charge in [-0.15, -0.1) is 0 Å². The van der Waals surface area contributed by atoms with Gasteiger partial charge in [0.15, 0.2) is 0 Å². The van der Waals surface area contributed by atoms with E-state index >= 15 is 0 Å². The summed E-state index contributed by atoms with van der Waals surface area (Å²) in [6, 6.07) is 4.47. The maximum absolute atomic E-state index is 13.0. The molecule has 0 N–H and O–H groups in total. The van der Waals surface area contributed by atoms with E-state index in [9.17, 15) is 4.79 Å². The molecule has 1 amide bonds. The van der Waals surface area contributed by atoms with E-state index in [4.69, 9.17) is 7.85 Å². The molecular formula is C21H26BN3O. The fraction of sp³-hybridized carbons (Fsp3) is 0.476. The number of nitrogens with zero attached hydrogens (tertiary/aromatic N) is 3. The first kappa shape index (κ1) is 17.4. The molecule has 0 spiro atoms. The van der Waals surface area contributed by atoms with Gasteiger partial charge in [0.05, 0.1) is 5.92 Å². The van der Waals surface area contributed by atoms with Crippen LogP contribution in [0.2, 0.25) is 0 Å². The Balaban J connectivity index is 1.85. The standard InChI is InChI=1S/C21H26BN3O/c1-5-25(6-2)21(26)14-9-16-15-7-8-17(22)20-19(15)13(11-24(20)4)10-18(16)23(3)12-14/h7-9,11,14,18H,5-6,10,12H2,1-4H3. The van der Waals surface area contributed by atoms with Gasteiger partial charge in [-0.2, -0.15) is 0 Å². The molecule has 5 heteroatoms. The van der Waals surface area contributed by atoms with Gasteiger partial charge < -0.3 is 9.47 Å². The lowest BCUT2D eigenvalue weighted by Gasteiger charge is -2.40. The molecule has 4 nitrogen and oxygen atoms in total. The predicted octanol–water partition coefficient (Wildman–Crippen LogP) is 1.71. The summed E-state index contributed by atoms with van der Waals surface area (Å²) in [4.78, 5) is 17.2.